The molecule has 188 valence electrons. The lowest BCUT2D eigenvalue weighted by atomic mass is 9.91. The maximum atomic E-state index is 13.6. The second-order valence-electron chi connectivity index (χ2n) is 10.5. The average molecular weight is 517 g/mol. The molecule has 1 N–H and O–H groups in total. The Morgan fingerprint density at radius 1 is 1.00 bits per heavy atom. The number of hydrogen-bond donors (Lipinski definition) is 1. The quantitative estimate of drug-likeness (QED) is 0.343. The number of aromatic nitrogens is 1. The molecule has 0 aliphatic rings. The van der Waals surface area contributed by atoms with Crippen molar-refractivity contribution in [2.75, 3.05) is 13.1 Å². The standard InChI is InChI=1S/C28H35Cl2N3O2/c1-19(2)33(26(34)15-28(3,4)5)18-27(35)32(17-20-10-11-23(29)24(30)14-20)13-12-21-16-31-25-9-7-6-8-22(21)25/h6-11,14,16,19,31H,12-13,15,17-18H2,1-5H3. The smallest absolute Gasteiger partial charge is 0.242 e. The monoisotopic (exact) mass is 515 g/mol. The van der Waals surface area contributed by atoms with Crippen LogP contribution in [-0.2, 0) is 22.6 Å². The lowest BCUT2D eigenvalue weighted by molar-refractivity contribution is -0.143. The SMILES string of the molecule is CC(C)N(CC(=O)N(CCc1c[nH]c2ccccc12)Cc1ccc(Cl)c(Cl)c1)C(=O)CC(C)(C)C. The molecule has 7 heteroatoms. The summed E-state index contributed by atoms with van der Waals surface area (Å²) in [4.78, 5) is 33.4. The van der Waals surface area contributed by atoms with Crippen molar-refractivity contribution < 1.29 is 9.59 Å². The Hall–Kier alpha value is -2.50. The van der Waals surface area contributed by atoms with Crippen molar-refractivity contribution in [2.24, 2.45) is 5.41 Å². The first-order valence-electron chi connectivity index (χ1n) is 12.0. The van der Waals surface area contributed by atoms with E-state index in [2.05, 4.69) is 11.1 Å². The minimum absolute atomic E-state index is 0.00744. The predicted molar refractivity (Wildman–Crippen MR) is 145 cm³/mol. The van der Waals surface area contributed by atoms with Gasteiger partial charge in [-0.05, 0) is 55.0 Å². The van der Waals surface area contributed by atoms with E-state index in [0.717, 1.165) is 22.0 Å². The Kier molecular flexibility index (Phi) is 8.89. The number of carbonyl (C=O) groups is 2. The summed E-state index contributed by atoms with van der Waals surface area (Å²) < 4.78 is 0. The summed E-state index contributed by atoms with van der Waals surface area (Å²) in [5, 5.41) is 2.09. The van der Waals surface area contributed by atoms with Gasteiger partial charge in [-0.2, -0.15) is 0 Å². The number of nitrogens with zero attached hydrogens (tertiary/aromatic N) is 2. The van der Waals surface area contributed by atoms with E-state index >= 15 is 0 Å². The van der Waals surface area contributed by atoms with Gasteiger partial charge in [0.25, 0.3) is 0 Å². The molecule has 3 rings (SSSR count). The van der Waals surface area contributed by atoms with Crippen molar-refractivity contribution in [3.05, 3.63) is 69.8 Å². The van der Waals surface area contributed by atoms with Crippen LogP contribution in [0.15, 0.2) is 48.7 Å². The highest BCUT2D eigenvalue weighted by Crippen LogP contribution is 2.25. The molecule has 1 aromatic heterocycles. The number of nitrogens with one attached hydrogen (secondary N) is 1. The van der Waals surface area contributed by atoms with Crippen LogP contribution in [0.1, 0.15) is 52.2 Å². The van der Waals surface area contributed by atoms with Crippen LogP contribution < -0.4 is 0 Å². The maximum absolute atomic E-state index is 13.6. The molecule has 0 bridgehead atoms. The van der Waals surface area contributed by atoms with E-state index in [9.17, 15) is 9.59 Å². The molecule has 0 aliphatic heterocycles. The Bertz CT molecular complexity index is 1180. The molecule has 0 unspecified atom stereocenters. The van der Waals surface area contributed by atoms with Crippen LogP contribution in [0.5, 0.6) is 0 Å². The van der Waals surface area contributed by atoms with Crippen LogP contribution in [0.25, 0.3) is 10.9 Å². The molecule has 2 amide bonds. The van der Waals surface area contributed by atoms with Gasteiger partial charge in [-0.25, -0.2) is 0 Å². The number of fused-ring (bicyclic) bond motifs is 1. The van der Waals surface area contributed by atoms with Gasteiger partial charge in [-0.1, -0.05) is 68.2 Å². The molecule has 0 aliphatic carbocycles. The molecule has 0 atom stereocenters. The highest BCUT2D eigenvalue weighted by Gasteiger charge is 2.27. The molecular formula is C28H35Cl2N3O2. The fourth-order valence-corrected chi connectivity index (χ4v) is 4.42. The second-order valence-corrected chi connectivity index (χ2v) is 11.3. The third-order valence-electron chi connectivity index (χ3n) is 5.97. The van der Waals surface area contributed by atoms with Crippen molar-refractivity contribution in [3.63, 3.8) is 0 Å². The van der Waals surface area contributed by atoms with Crippen LogP contribution in [0.4, 0.5) is 0 Å². The van der Waals surface area contributed by atoms with Crippen LogP contribution in [0, 0.1) is 5.41 Å². The first-order valence-corrected chi connectivity index (χ1v) is 12.8. The number of para-hydroxylation sites is 1. The topological polar surface area (TPSA) is 56.4 Å². The zero-order valence-corrected chi connectivity index (χ0v) is 22.7. The highest BCUT2D eigenvalue weighted by atomic mass is 35.5. The van der Waals surface area contributed by atoms with Crippen LogP contribution in [0.3, 0.4) is 0 Å². The van der Waals surface area contributed by atoms with Crippen molar-refractivity contribution in [2.45, 2.75) is 60.0 Å². The van der Waals surface area contributed by atoms with Crippen molar-refractivity contribution in [1.29, 1.82) is 0 Å². The number of hydrogen-bond acceptors (Lipinski definition) is 2. The Balaban J connectivity index is 1.81. The molecule has 3 aromatic rings. The van der Waals surface area contributed by atoms with Crippen LogP contribution in [0.2, 0.25) is 10.0 Å². The van der Waals surface area contributed by atoms with Crippen LogP contribution in [-0.4, -0.2) is 45.7 Å². The van der Waals surface area contributed by atoms with E-state index in [1.54, 1.807) is 21.9 Å². The number of halogens is 2. The summed E-state index contributed by atoms with van der Waals surface area (Å²) in [5.74, 6) is -0.0983. The summed E-state index contributed by atoms with van der Waals surface area (Å²) in [6, 6.07) is 13.5. The van der Waals surface area contributed by atoms with E-state index < -0.39 is 0 Å². The van der Waals surface area contributed by atoms with Gasteiger partial charge in [0.05, 0.1) is 16.6 Å². The summed E-state index contributed by atoms with van der Waals surface area (Å²) >= 11 is 12.3. The average Bonchev–Trinajstić information content (AvgIpc) is 3.18. The molecule has 35 heavy (non-hydrogen) atoms. The van der Waals surface area contributed by atoms with E-state index in [1.807, 2.05) is 65.1 Å². The summed E-state index contributed by atoms with van der Waals surface area (Å²) in [7, 11) is 0. The molecule has 1 heterocycles. The lowest BCUT2D eigenvalue weighted by Crippen LogP contribution is -2.46. The van der Waals surface area contributed by atoms with Crippen LogP contribution >= 0.6 is 23.2 Å². The fraction of sp³-hybridized carbons (Fsp3) is 0.429. The molecule has 2 aromatic carbocycles. The third kappa shape index (κ3) is 7.49. The van der Waals surface area contributed by atoms with Gasteiger partial charge in [0.15, 0.2) is 0 Å². The molecule has 0 saturated heterocycles. The number of amides is 2. The van der Waals surface area contributed by atoms with Crippen molar-refractivity contribution in [1.82, 2.24) is 14.8 Å². The normalized spacial score (nSPS) is 11.8. The fourth-order valence-electron chi connectivity index (χ4n) is 4.10. The molecule has 0 spiro atoms. The van der Waals surface area contributed by atoms with E-state index in [-0.39, 0.29) is 29.8 Å². The first kappa shape index (κ1) is 27.1. The summed E-state index contributed by atoms with van der Waals surface area (Å²) in [5.41, 5.74) is 2.96. The minimum Gasteiger partial charge on any atom is -0.361 e. The zero-order chi connectivity index (χ0) is 25.8. The van der Waals surface area contributed by atoms with Gasteiger partial charge < -0.3 is 14.8 Å². The van der Waals surface area contributed by atoms with Gasteiger partial charge in [0, 0.05) is 42.7 Å². The van der Waals surface area contributed by atoms with Gasteiger partial charge in [-0.15, -0.1) is 0 Å². The largest absolute Gasteiger partial charge is 0.361 e. The van der Waals surface area contributed by atoms with E-state index in [4.69, 9.17) is 23.2 Å². The van der Waals surface area contributed by atoms with Gasteiger partial charge in [-0.3, -0.25) is 9.59 Å². The van der Waals surface area contributed by atoms with Gasteiger partial charge in [0.2, 0.25) is 11.8 Å². The number of carbonyl (C=O) groups excluding carboxylic acids is 2. The van der Waals surface area contributed by atoms with E-state index in [0.29, 0.717) is 36.0 Å². The number of rotatable bonds is 9. The zero-order valence-electron chi connectivity index (χ0n) is 21.2. The lowest BCUT2D eigenvalue weighted by Gasteiger charge is -2.32. The molecule has 5 nitrogen and oxygen atoms in total. The van der Waals surface area contributed by atoms with Crippen molar-refractivity contribution in [3.8, 4) is 0 Å². The number of aromatic amines is 1. The maximum Gasteiger partial charge on any atom is 0.242 e. The second kappa shape index (κ2) is 11.5. The summed E-state index contributed by atoms with van der Waals surface area (Å²) in [6.45, 7) is 10.9. The molecule has 0 saturated carbocycles. The molecular weight excluding hydrogens is 481 g/mol. The van der Waals surface area contributed by atoms with E-state index in [1.165, 1.54) is 0 Å². The minimum atomic E-state index is -0.150. The predicted octanol–water partition coefficient (Wildman–Crippen LogP) is 6.72. The molecule has 0 radical (unpaired) electrons. The first-order chi connectivity index (χ1) is 16.4. The Morgan fingerprint density at radius 2 is 1.71 bits per heavy atom. The van der Waals surface area contributed by atoms with Gasteiger partial charge in [0.1, 0.15) is 0 Å². The number of H-pyrrole nitrogens is 1. The number of benzene rings is 2. The highest BCUT2D eigenvalue weighted by molar-refractivity contribution is 6.42. The third-order valence-corrected chi connectivity index (χ3v) is 6.71. The van der Waals surface area contributed by atoms with Gasteiger partial charge >= 0.3 is 0 Å². The Labute approximate surface area is 218 Å². The molecule has 0 fully saturated rings. The van der Waals surface area contributed by atoms with Crippen molar-refractivity contribution >= 4 is 45.9 Å². The summed E-state index contributed by atoms with van der Waals surface area (Å²) in [6.07, 6.45) is 3.08. The Morgan fingerprint density at radius 3 is 2.37 bits per heavy atom.